The molecule has 2 unspecified atom stereocenters. The van der Waals surface area contributed by atoms with E-state index in [1.807, 2.05) is 0 Å². The Balaban J connectivity index is 1.55. The number of aliphatic hydroxyl groups excluding tert-OH is 1. The van der Waals surface area contributed by atoms with Crippen molar-refractivity contribution < 1.29 is 14.7 Å². The van der Waals surface area contributed by atoms with Crippen molar-refractivity contribution in [3.63, 3.8) is 0 Å². The molecule has 2 amide bonds. The van der Waals surface area contributed by atoms with E-state index >= 15 is 0 Å². The average Bonchev–Trinajstić information content (AvgIpc) is 2.91. The second-order valence-corrected chi connectivity index (χ2v) is 6.44. The van der Waals surface area contributed by atoms with Crippen LogP contribution in [-0.2, 0) is 9.59 Å². The molecule has 21 heavy (non-hydrogen) atoms. The van der Waals surface area contributed by atoms with Gasteiger partial charge in [0.1, 0.15) is 0 Å². The summed E-state index contributed by atoms with van der Waals surface area (Å²) < 4.78 is 0. The van der Waals surface area contributed by atoms with E-state index in [2.05, 4.69) is 10.6 Å². The van der Waals surface area contributed by atoms with Gasteiger partial charge in [-0.1, -0.05) is 25.7 Å². The SMILES string of the molecule is O=C(CCNC(=O)C1CCCCC1)NCC1CCCC1O. The predicted molar refractivity (Wildman–Crippen MR) is 80.6 cm³/mol. The van der Waals surface area contributed by atoms with Gasteiger partial charge in [0.15, 0.2) is 0 Å². The molecule has 0 aromatic heterocycles. The molecule has 0 saturated heterocycles. The van der Waals surface area contributed by atoms with Gasteiger partial charge in [-0.2, -0.15) is 0 Å². The Hall–Kier alpha value is -1.10. The van der Waals surface area contributed by atoms with Gasteiger partial charge in [0.2, 0.25) is 11.8 Å². The van der Waals surface area contributed by atoms with Crippen molar-refractivity contribution in [2.24, 2.45) is 11.8 Å². The fraction of sp³-hybridized carbons (Fsp3) is 0.875. The Labute approximate surface area is 126 Å². The van der Waals surface area contributed by atoms with E-state index in [0.717, 1.165) is 44.9 Å². The maximum Gasteiger partial charge on any atom is 0.223 e. The van der Waals surface area contributed by atoms with Gasteiger partial charge in [-0.25, -0.2) is 0 Å². The summed E-state index contributed by atoms with van der Waals surface area (Å²) in [7, 11) is 0. The Bertz CT molecular complexity index is 353. The lowest BCUT2D eigenvalue weighted by atomic mass is 9.89. The van der Waals surface area contributed by atoms with Crippen LogP contribution in [0.2, 0.25) is 0 Å². The molecule has 0 aromatic rings. The third-order valence-corrected chi connectivity index (χ3v) is 4.81. The highest BCUT2D eigenvalue weighted by atomic mass is 16.3. The molecule has 3 N–H and O–H groups in total. The number of aliphatic hydroxyl groups is 1. The fourth-order valence-corrected chi connectivity index (χ4v) is 3.40. The summed E-state index contributed by atoms with van der Waals surface area (Å²) in [6, 6.07) is 0. The van der Waals surface area contributed by atoms with Gasteiger partial charge >= 0.3 is 0 Å². The molecule has 0 spiro atoms. The lowest BCUT2D eigenvalue weighted by Gasteiger charge is -2.20. The molecular weight excluding hydrogens is 268 g/mol. The summed E-state index contributed by atoms with van der Waals surface area (Å²) in [5.74, 6) is 0.410. The lowest BCUT2D eigenvalue weighted by molar-refractivity contribution is -0.126. The summed E-state index contributed by atoms with van der Waals surface area (Å²) in [4.78, 5) is 23.6. The summed E-state index contributed by atoms with van der Waals surface area (Å²) in [6.07, 6.45) is 8.41. The number of amides is 2. The molecule has 2 aliphatic rings. The lowest BCUT2D eigenvalue weighted by Crippen LogP contribution is -2.37. The Morgan fingerprint density at radius 2 is 1.71 bits per heavy atom. The van der Waals surface area contributed by atoms with Crippen LogP contribution in [0.25, 0.3) is 0 Å². The van der Waals surface area contributed by atoms with Crippen LogP contribution in [0.3, 0.4) is 0 Å². The minimum Gasteiger partial charge on any atom is -0.393 e. The van der Waals surface area contributed by atoms with Crippen LogP contribution in [-0.4, -0.2) is 36.1 Å². The van der Waals surface area contributed by atoms with Gasteiger partial charge in [-0.3, -0.25) is 9.59 Å². The second kappa shape index (κ2) is 8.37. The van der Waals surface area contributed by atoms with Crippen molar-refractivity contribution in [1.82, 2.24) is 10.6 Å². The molecule has 2 rings (SSSR count). The predicted octanol–water partition coefficient (Wildman–Crippen LogP) is 1.35. The van der Waals surface area contributed by atoms with E-state index in [-0.39, 0.29) is 29.8 Å². The van der Waals surface area contributed by atoms with Gasteiger partial charge in [0.25, 0.3) is 0 Å². The quantitative estimate of drug-likeness (QED) is 0.692. The molecule has 2 saturated carbocycles. The van der Waals surface area contributed by atoms with E-state index in [1.54, 1.807) is 0 Å². The average molecular weight is 296 g/mol. The maximum absolute atomic E-state index is 11.9. The van der Waals surface area contributed by atoms with E-state index in [0.29, 0.717) is 19.5 Å². The van der Waals surface area contributed by atoms with Crippen LogP contribution in [0.5, 0.6) is 0 Å². The van der Waals surface area contributed by atoms with Crippen molar-refractivity contribution in [3.05, 3.63) is 0 Å². The summed E-state index contributed by atoms with van der Waals surface area (Å²) >= 11 is 0. The first-order chi connectivity index (χ1) is 10.2. The largest absolute Gasteiger partial charge is 0.393 e. The monoisotopic (exact) mass is 296 g/mol. The third-order valence-electron chi connectivity index (χ3n) is 4.81. The zero-order valence-corrected chi connectivity index (χ0v) is 12.8. The Kier molecular flexibility index (Phi) is 6.49. The Morgan fingerprint density at radius 3 is 2.38 bits per heavy atom. The molecule has 5 nitrogen and oxygen atoms in total. The van der Waals surface area contributed by atoms with Gasteiger partial charge in [-0.15, -0.1) is 0 Å². The van der Waals surface area contributed by atoms with Crippen LogP contribution in [0.4, 0.5) is 0 Å². The van der Waals surface area contributed by atoms with E-state index < -0.39 is 0 Å². The number of nitrogens with one attached hydrogen (secondary N) is 2. The molecule has 0 aromatic carbocycles. The highest BCUT2D eigenvalue weighted by Gasteiger charge is 2.25. The van der Waals surface area contributed by atoms with Crippen molar-refractivity contribution >= 4 is 11.8 Å². The molecule has 2 fully saturated rings. The molecule has 2 aliphatic carbocycles. The molecule has 0 radical (unpaired) electrons. The van der Waals surface area contributed by atoms with E-state index in [9.17, 15) is 14.7 Å². The van der Waals surface area contributed by atoms with Crippen LogP contribution < -0.4 is 10.6 Å². The van der Waals surface area contributed by atoms with Crippen LogP contribution in [0, 0.1) is 11.8 Å². The van der Waals surface area contributed by atoms with Crippen LogP contribution in [0.15, 0.2) is 0 Å². The van der Waals surface area contributed by atoms with Gasteiger partial charge in [0.05, 0.1) is 6.10 Å². The summed E-state index contributed by atoms with van der Waals surface area (Å²) in [6.45, 7) is 0.963. The van der Waals surface area contributed by atoms with Gasteiger partial charge in [-0.05, 0) is 25.7 Å². The summed E-state index contributed by atoms with van der Waals surface area (Å²) in [5, 5.41) is 15.4. The molecule has 2 atom stereocenters. The highest BCUT2D eigenvalue weighted by molar-refractivity contribution is 5.80. The first kappa shape index (κ1) is 16.3. The van der Waals surface area contributed by atoms with E-state index in [1.165, 1.54) is 6.42 Å². The van der Waals surface area contributed by atoms with E-state index in [4.69, 9.17) is 0 Å². The molecule has 120 valence electrons. The number of carbonyl (C=O) groups excluding carboxylic acids is 2. The van der Waals surface area contributed by atoms with Crippen molar-refractivity contribution in [2.75, 3.05) is 13.1 Å². The number of hydrogen-bond acceptors (Lipinski definition) is 3. The fourth-order valence-electron chi connectivity index (χ4n) is 3.40. The minimum atomic E-state index is -0.267. The molecule has 0 bridgehead atoms. The number of hydrogen-bond donors (Lipinski definition) is 3. The molecule has 0 aliphatic heterocycles. The maximum atomic E-state index is 11.9. The number of carbonyl (C=O) groups is 2. The first-order valence-corrected chi connectivity index (χ1v) is 8.39. The topological polar surface area (TPSA) is 78.4 Å². The van der Waals surface area contributed by atoms with Crippen LogP contribution in [0.1, 0.15) is 57.8 Å². The molecule has 0 heterocycles. The summed E-state index contributed by atoms with van der Waals surface area (Å²) in [5.41, 5.74) is 0. The zero-order valence-electron chi connectivity index (χ0n) is 12.8. The van der Waals surface area contributed by atoms with Gasteiger partial charge in [0, 0.05) is 31.3 Å². The minimum absolute atomic E-state index is 0.0435. The smallest absolute Gasteiger partial charge is 0.223 e. The first-order valence-electron chi connectivity index (χ1n) is 8.39. The molecular formula is C16H28N2O3. The third kappa shape index (κ3) is 5.30. The van der Waals surface area contributed by atoms with Crippen molar-refractivity contribution in [2.45, 2.75) is 63.9 Å². The number of rotatable bonds is 6. The zero-order chi connectivity index (χ0) is 15.1. The normalized spacial score (nSPS) is 26.5. The van der Waals surface area contributed by atoms with Crippen LogP contribution >= 0.6 is 0 Å². The second-order valence-electron chi connectivity index (χ2n) is 6.44. The highest BCUT2D eigenvalue weighted by Crippen LogP contribution is 2.25. The molecule has 5 heteroatoms. The standard InChI is InChI=1S/C16H28N2O3/c19-14-8-4-7-13(14)11-18-15(20)9-10-17-16(21)12-5-2-1-3-6-12/h12-14,19H,1-11H2,(H,17,21)(H,18,20). The van der Waals surface area contributed by atoms with Crippen molar-refractivity contribution in [1.29, 1.82) is 0 Å². The Morgan fingerprint density at radius 1 is 0.952 bits per heavy atom. The van der Waals surface area contributed by atoms with Crippen molar-refractivity contribution in [3.8, 4) is 0 Å². The van der Waals surface area contributed by atoms with Gasteiger partial charge < -0.3 is 15.7 Å².